The molecule has 0 saturated heterocycles. The smallest absolute Gasteiger partial charge is 0.197 e. The van der Waals surface area contributed by atoms with E-state index in [0.29, 0.717) is 16.9 Å². The van der Waals surface area contributed by atoms with Gasteiger partial charge in [0.15, 0.2) is 11.6 Å². The van der Waals surface area contributed by atoms with E-state index < -0.39 is 0 Å². The van der Waals surface area contributed by atoms with Crippen molar-refractivity contribution in [2.75, 3.05) is 18.6 Å². The van der Waals surface area contributed by atoms with Gasteiger partial charge in [-0.05, 0) is 44.9 Å². The van der Waals surface area contributed by atoms with Gasteiger partial charge in [-0.3, -0.25) is 9.59 Å². The van der Waals surface area contributed by atoms with Crippen molar-refractivity contribution in [2.45, 2.75) is 39.7 Å². The lowest BCUT2D eigenvalue weighted by Gasteiger charge is -2.43. The Hall–Kier alpha value is -3.14. The van der Waals surface area contributed by atoms with Crippen molar-refractivity contribution in [1.29, 1.82) is 0 Å². The Morgan fingerprint density at radius 3 is 2.23 bits per heavy atom. The average Bonchev–Trinajstić information content (AvgIpc) is 2.95. The molecular formula is C26H27NO3. The first-order valence-corrected chi connectivity index (χ1v) is 10.4. The molecule has 1 aliphatic carbocycles. The molecule has 2 aromatic rings. The van der Waals surface area contributed by atoms with Crippen molar-refractivity contribution in [3.63, 3.8) is 0 Å². The maximum Gasteiger partial charge on any atom is 0.197 e. The standard InChI is InChI=1S/C26H27NO3/c1-6-11-27-22-14-23(30-5)17(12-20(22)16(2)15-26(27,3)4)13-21-24(28)18-9-7-8-10-19(18)25(21)29/h7-10,12-15H,6,11H2,1-5H3. The highest BCUT2D eigenvalue weighted by atomic mass is 16.5. The minimum absolute atomic E-state index is 0.100. The Labute approximate surface area is 177 Å². The molecule has 2 aromatic carbocycles. The number of rotatable bonds is 4. The monoisotopic (exact) mass is 401 g/mol. The van der Waals surface area contributed by atoms with Gasteiger partial charge in [0.2, 0.25) is 0 Å². The molecule has 30 heavy (non-hydrogen) atoms. The van der Waals surface area contributed by atoms with Crippen LogP contribution < -0.4 is 9.64 Å². The van der Waals surface area contributed by atoms with E-state index >= 15 is 0 Å². The van der Waals surface area contributed by atoms with Crippen LogP contribution in [-0.2, 0) is 0 Å². The molecule has 0 amide bonds. The Bertz CT molecular complexity index is 1080. The molecule has 0 N–H and O–H groups in total. The molecule has 1 heterocycles. The number of carbonyl (C=O) groups is 2. The number of allylic oxidation sites excluding steroid dienone is 2. The summed E-state index contributed by atoms with van der Waals surface area (Å²) in [6, 6.07) is 11.0. The van der Waals surface area contributed by atoms with Crippen molar-refractivity contribution in [3.05, 3.63) is 70.3 Å². The second kappa shape index (κ2) is 7.28. The summed E-state index contributed by atoms with van der Waals surface area (Å²) in [7, 11) is 1.62. The Morgan fingerprint density at radius 1 is 1.03 bits per heavy atom. The highest BCUT2D eigenvalue weighted by Gasteiger charge is 2.34. The molecule has 2 aliphatic rings. The molecule has 4 heteroatoms. The zero-order valence-electron chi connectivity index (χ0n) is 18.2. The number of nitrogens with zero attached hydrogens (tertiary/aromatic N) is 1. The molecule has 0 spiro atoms. The average molecular weight is 402 g/mol. The van der Waals surface area contributed by atoms with Crippen LogP contribution in [0.1, 0.15) is 66.0 Å². The zero-order chi connectivity index (χ0) is 21.6. The number of ether oxygens (including phenoxy) is 1. The molecule has 0 atom stereocenters. The van der Waals surface area contributed by atoms with E-state index in [1.54, 1.807) is 37.5 Å². The SMILES string of the molecule is CCCN1c2cc(OC)c(C=C3C(=O)c4ccccc4C3=O)cc2C(C)=CC1(C)C. The number of methoxy groups -OCH3 is 1. The number of carbonyl (C=O) groups excluding carboxylic acids is 2. The number of hydrogen-bond donors (Lipinski definition) is 0. The van der Waals surface area contributed by atoms with E-state index in [0.717, 1.165) is 29.8 Å². The molecule has 154 valence electrons. The summed E-state index contributed by atoms with van der Waals surface area (Å²) in [4.78, 5) is 28.1. The number of fused-ring (bicyclic) bond motifs is 2. The third-order valence-corrected chi connectivity index (χ3v) is 5.98. The molecule has 0 saturated carbocycles. The lowest BCUT2D eigenvalue weighted by Crippen LogP contribution is -2.45. The van der Waals surface area contributed by atoms with E-state index in [-0.39, 0.29) is 22.7 Å². The van der Waals surface area contributed by atoms with Gasteiger partial charge in [0.1, 0.15) is 5.75 Å². The van der Waals surface area contributed by atoms with Crippen LogP contribution in [0.5, 0.6) is 5.75 Å². The molecule has 0 radical (unpaired) electrons. The van der Waals surface area contributed by atoms with Crippen LogP contribution >= 0.6 is 0 Å². The van der Waals surface area contributed by atoms with Gasteiger partial charge >= 0.3 is 0 Å². The van der Waals surface area contributed by atoms with Gasteiger partial charge in [0, 0.05) is 40.6 Å². The van der Waals surface area contributed by atoms with Crippen LogP contribution in [0.2, 0.25) is 0 Å². The maximum absolute atomic E-state index is 12.8. The summed E-state index contributed by atoms with van der Waals surface area (Å²) in [5, 5.41) is 0. The Balaban J connectivity index is 1.86. The zero-order valence-corrected chi connectivity index (χ0v) is 18.2. The number of hydrogen-bond acceptors (Lipinski definition) is 4. The van der Waals surface area contributed by atoms with Gasteiger partial charge in [-0.25, -0.2) is 0 Å². The van der Waals surface area contributed by atoms with Crippen LogP contribution in [0.4, 0.5) is 5.69 Å². The fraction of sp³-hybridized carbons (Fsp3) is 0.308. The largest absolute Gasteiger partial charge is 0.496 e. The summed E-state index contributed by atoms with van der Waals surface area (Å²) in [5.41, 5.74) is 5.17. The summed E-state index contributed by atoms with van der Waals surface area (Å²) >= 11 is 0. The van der Waals surface area contributed by atoms with Crippen LogP contribution in [0.15, 0.2) is 48.0 Å². The van der Waals surface area contributed by atoms with E-state index in [1.165, 1.54) is 5.57 Å². The second-order valence-electron chi connectivity index (χ2n) is 8.51. The minimum atomic E-state index is -0.226. The minimum Gasteiger partial charge on any atom is -0.496 e. The van der Waals surface area contributed by atoms with Crippen LogP contribution in [0.3, 0.4) is 0 Å². The summed E-state index contributed by atoms with van der Waals surface area (Å²) in [5.74, 6) is 0.206. The summed E-state index contributed by atoms with van der Waals surface area (Å²) in [6.07, 6.45) is 4.99. The lowest BCUT2D eigenvalue weighted by atomic mass is 9.87. The predicted molar refractivity (Wildman–Crippen MR) is 121 cm³/mol. The van der Waals surface area contributed by atoms with Gasteiger partial charge in [-0.15, -0.1) is 0 Å². The molecule has 1 aliphatic heterocycles. The molecule has 4 rings (SSSR count). The van der Waals surface area contributed by atoms with Gasteiger partial charge in [-0.2, -0.15) is 0 Å². The number of Topliss-reactive ketones (excluding diaryl/α,β-unsaturated/α-hetero) is 2. The maximum atomic E-state index is 12.8. The van der Waals surface area contributed by atoms with Gasteiger partial charge in [0.05, 0.1) is 18.2 Å². The van der Waals surface area contributed by atoms with Gasteiger partial charge < -0.3 is 9.64 Å². The Kier molecular flexibility index (Phi) is 4.89. The fourth-order valence-corrected chi connectivity index (χ4v) is 4.60. The topological polar surface area (TPSA) is 46.6 Å². The van der Waals surface area contributed by atoms with E-state index in [2.05, 4.69) is 38.7 Å². The van der Waals surface area contributed by atoms with Gasteiger partial charge in [-0.1, -0.05) is 37.3 Å². The van der Waals surface area contributed by atoms with Gasteiger partial charge in [0.25, 0.3) is 0 Å². The second-order valence-corrected chi connectivity index (χ2v) is 8.51. The summed E-state index contributed by atoms with van der Waals surface area (Å²) < 4.78 is 5.69. The molecule has 0 aromatic heterocycles. The number of ketones is 2. The molecule has 0 unspecified atom stereocenters. The van der Waals surface area contributed by atoms with Crippen molar-refractivity contribution in [2.24, 2.45) is 0 Å². The van der Waals surface area contributed by atoms with E-state index in [1.807, 2.05) is 12.1 Å². The molecule has 0 fully saturated rings. The third kappa shape index (κ3) is 3.07. The van der Waals surface area contributed by atoms with Crippen LogP contribution in [0.25, 0.3) is 11.6 Å². The van der Waals surface area contributed by atoms with Crippen molar-refractivity contribution >= 4 is 28.9 Å². The third-order valence-electron chi connectivity index (χ3n) is 5.98. The first kappa shape index (κ1) is 20.1. The first-order valence-electron chi connectivity index (χ1n) is 10.4. The fourth-order valence-electron chi connectivity index (χ4n) is 4.60. The summed E-state index contributed by atoms with van der Waals surface area (Å²) in [6.45, 7) is 9.63. The highest BCUT2D eigenvalue weighted by Crippen LogP contribution is 2.43. The van der Waals surface area contributed by atoms with Crippen molar-refractivity contribution in [1.82, 2.24) is 0 Å². The number of benzene rings is 2. The van der Waals surface area contributed by atoms with Crippen molar-refractivity contribution in [3.8, 4) is 5.75 Å². The first-order chi connectivity index (χ1) is 14.3. The molecule has 4 nitrogen and oxygen atoms in total. The van der Waals surface area contributed by atoms with E-state index in [4.69, 9.17) is 4.74 Å². The number of anilines is 1. The lowest BCUT2D eigenvalue weighted by molar-refractivity contribution is 0.0990. The highest BCUT2D eigenvalue weighted by molar-refractivity contribution is 6.41. The van der Waals surface area contributed by atoms with Crippen molar-refractivity contribution < 1.29 is 14.3 Å². The predicted octanol–water partition coefficient (Wildman–Crippen LogP) is 5.57. The van der Waals surface area contributed by atoms with Crippen LogP contribution in [0, 0.1) is 0 Å². The quantitative estimate of drug-likeness (QED) is 0.496. The molecular weight excluding hydrogens is 374 g/mol. The van der Waals surface area contributed by atoms with Crippen LogP contribution in [-0.4, -0.2) is 30.8 Å². The Morgan fingerprint density at radius 2 is 1.67 bits per heavy atom. The van der Waals surface area contributed by atoms with E-state index in [9.17, 15) is 9.59 Å². The molecule has 0 bridgehead atoms. The normalized spacial score (nSPS) is 16.9.